The van der Waals surface area contributed by atoms with Crippen molar-refractivity contribution in [3.05, 3.63) is 41.0 Å². The van der Waals surface area contributed by atoms with Crippen LogP contribution in [0.15, 0.2) is 30.3 Å². The van der Waals surface area contributed by atoms with Gasteiger partial charge in [0.15, 0.2) is 0 Å². The highest BCUT2D eigenvalue weighted by Gasteiger charge is 2.13. The van der Waals surface area contributed by atoms with E-state index < -0.39 is 0 Å². The zero-order chi connectivity index (χ0) is 21.2. The number of fused-ring (bicyclic) bond motifs is 1. The molecular weight excluding hydrogens is 402 g/mol. The topological polar surface area (TPSA) is 69.7 Å². The maximum absolute atomic E-state index is 11.8. The number of hydrogen-bond donors (Lipinski definition) is 2. The molecule has 164 valence electrons. The molecule has 1 saturated heterocycles. The van der Waals surface area contributed by atoms with E-state index in [4.69, 9.17) is 21.3 Å². The van der Waals surface area contributed by atoms with E-state index in [1.165, 1.54) is 0 Å². The molecule has 1 aliphatic heterocycles. The smallest absolute Gasteiger partial charge is 0.320 e. The van der Waals surface area contributed by atoms with Gasteiger partial charge in [-0.2, -0.15) is 0 Å². The summed E-state index contributed by atoms with van der Waals surface area (Å²) in [6.07, 6.45) is 0. The van der Waals surface area contributed by atoms with E-state index in [1.807, 2.05) is 25.1 Å². The number of carbonyl (C=O) groups is 1. The van der Waals surface area contributed by atoms with Gasteiger partial charge < -0.3 is 15.4 Å². The monoisotopic (exact) mass is 433 g/mol. The Bertz CT molecular complexity index is 805. The predicted octanol–water partition coefficient (Wildman–Crippen LogP) is 1.75. The summed E-state index contributed by atoms with van der Waals surface area (Å²) in [7, 11) is 0. The van der Waals surface area contributed by atoms with E-state index in [-0.39, 0.29) is 5.97 Å². The molecule has 0 amide bonds. The Kier molecular flexibility index (Phi) is 9.29. The van der Waals surface area contributed by atoms with Crippen molar-refractivity contribution in [1.29, 1.82) is 0 Å². The molecule has 0 saturated carbocycles. The highest BCUT2D eigenvalue weighted by atomic mass is 35.5. The number of benzene rings is 1. The van der Waals surface area contributed by atoms with E-state index in [2.05, 4.69) is 32.6 Å². The Balaban J connectivity index is 1.52. The van der Waals surface area contributed by atoms with Crippen LogP contribution in [-0.2, 0) is 16.1 Å². The van der Waals surface area contributed by atoms with E-state index >= 15 is 0 Å². The molecule has 2 N–H and O–H groups in total. The molecule has 1 aromatic carbocycles. The third-order valence-corrected chi connectivity index (χ3v) is 5.41. The van der Waals surface area contributed by atoms with Crippen LogP contribution in [-0.4, -0.2) is 86.3 Å². The first kappa shape index (κ1) is 22.9. The lowest BCUT2D eigenvalue weighted by Gasteiger charge is -2.26. The molecule has 0 spiro atoms. The van der Waals surface area contributed by atoms with Crippen molar-refractivity contribution in [3.63, 3.8) is 0 Å². The van der Waals surface area contributed by atoms with Gasteiger partial charge in [0.1, 0.15) is 0 Å². The van der Waals surface area contributed by atoms with Gasteiger partial charge in [-0.3, -0.25) is 19.6 Å². The molecule has 0 aliphatic carbocycles. The van der Waals surface area contributed by atoms with Crippen molar-refractivity contribution in [2.45, 2.75) is 13.5 Å². The Morgan fingerprint density at radius 1 is 1.03 bits per heavy atom. The first-order valence-corrected chi connectivity index (χ1v) is 11.1. The lowest BCUT2D eigenvalue weighted by Crippen LogP contribution is -2.44. The van der Waals surface area contributed by atoms with Crippen LogP contribution in [0.1, 0.15) is 12.6 Å². The predicted molar refractivity (Wildman–Crippen MR) is 121 cm³/mol. The quantitative estimate of drug-likeness (QED) is 0.696. The number of esters is 1. The summed E-state index contributed by atoms with van der Waals surface area (Å²) in [5.41, 5.74) is 2.04. The van der Waals surface area contributed by atoms with Gasteiger partial charge in [0, 0.05) is 69.3 Å². The van der Waals surface area contributed by atoms with Crippen LogP contribution in [0.25, 0.3) is 10.9 Å². The Morgan fingerprint density at radius 2 is 1.70 bits per heavy atom. The first-order chi connectivity index (χ1) is 14.6. The third-order valence-electron chi connectivity index (χ3n) is 5.17. The molecule has 7 nitrogen and oxygen atoms in total. The summed E-state index contributed by atoms with van der Waals surface area (Å²) in [5.74, 6) is -0.152. The lowest BCUT2D eigenvalue weighted by atomic mass is 10.2. The van der Waals surface area contributed by atoms with Crippen molar-refractivity contribution < 1.29 is 9.53 Å². The number of carbonyl (C=O) groups excluding carboxylic acids is 1. The highest BCUT2D eigenvalue weighted by molar-refractivity contribution is 6.31. The maximum atomic E-state index is 11.8. The minimum Gasteiger partial charge on any atom is -0.465 e. The van der Waals surface area contributed by atoms with Gasteiger partial charge in [0.05, 0.1) is 24.4 Å². The second-order valence-electron chi connectivity index (χ2n) is 7.50. The molecule has 2 aromatic rings. The number of nitrogens with zero attached hydrogens (tertiary/aromatic N) is 3. The molecule has 1 aromatic heterocycles. The Labute approximate surface area is 183 Å². The van der Waals surface area contributed by atoms with Crippen LogP contribution in [0.4, 0.5) is 0 Å². The highest BCUT2D eigenvalue weighted by Crippen LogP contribution is 2.18. The van der Waals surface area contributed by atoms with E-state index in [0.29, 0.717) is 13.2 Å². The lowest BCUT2D eigenvalue weighted by molar-refractivity contribution is -0.144. The molecule has 0 atom stereocenters. The fourth-order valence-electron chi connectivity index (χ4n) is 3.58. The summed E-state index contributed by atoms with van der Waals surface area (Å²) >= 11 is 6.07. The Morgan fingerprint density at radius 3 is 2.37 bits per heavy atom. The standard InChI is InChI=1S/C22H32ClN5O2/c1-2-30-22(29)17-28-13-9-24-7-11-27(12-8-25-10-14-28)16-20-5-3-18-15-19(23)4-6-21(18)26-20/h3-6,15,24-25H,2,7-14,16-17H2,1H3. The molecule has 3 rings (SSSR count). The van der Waals surface area contributed by atoms with Crippen molar-refractivity contribution in [3.8, 4) is 0 Å². The van der Waals surface area contributed by atoms with Crippen LogP contribution in [0.5, 0.6) is 0 Å². The molecule has 2 heterocycles. The van der Waals surface area contributed by atoms with Gasteiger partial charge in [-0.15, -0.1) is 0 Å². The molecular formula is C22H32ClN5O2. The molecule has 8 heteroatoms. The molecule has 1 fully saturated rings. The second-order valence-corrected chi connectivity index (χ2v) is 7.93. The van der Waals surface area contributed by atoms with Crippen molar-refractivity contribution in [2.24, 2.45) is 0 Å². The summed E-state index contributed by atoms with van der Waals surface area (Å²) in [6.45, 7) is 10.5. The Hall–Kier alpha value is -1.77. The normalized spacial score (nSPS) is 17.9. The number of pyridine rings is 1. The average Bonchev–Trinajstić information content (AvgIpc) is 2.71. The van der Waals surface area contributed by atoms with Gasteiger partial charge in [0.2, 0.25) is 0 Å². The van der Waals surface area contributed by atoms with Crippen molar-refractivity contribution >= 4 is 28.5 Å². The fourth-order valence-corrected chi connectivity index (χ4v) is 3.76. The average molecular weight is 434 g/mol. The fraction of sp³-hybridized carbons (Fsp3) is 0.545. The van der Waals surface area contributed by atoms with Crippen molar-refractivity contribution in [1.82, 2.24) is 25.4 Å². The summed E-state index contributed by atoms with van der Waals surface area (Å²) in [5, 5.41) is 8.80. The van der Waals surface area contributed by atoms with E-state index in [1.54, 1.807) is 0 Å². The number of rotatable bonds is 5. The van der Waals surface area contributed by atoms with Gasteiger partial charge >= 0.3 is 5.97 Å². The number of hydrogen-bond acceptors (Lipinski definition) is 7. The van der Waals surface area contributed by atoms with Gasteiger partial charge in [-0.05, 0) is 31.2 Å². The summed E-state index contributed by atoms with van der Waals surface area (Å²) in [6, 6.07) is 9.99. The van der Waals surface area contributed by atoms with Crippen LogP contribution in [0.3, 0.4) is 0 Å². The number of aromatic nitrogens is 1. The van der Waals surface area contributed by atoms with Crippen LogP contribution in [0.2, 0.25) is 5.02 Å². The molecule has 1 aliphatic rings. The zero-order valence-electron chi connectivity index (χ0n) is 17.7. The van der Waals surface area contributed by atoms with Gasteiger partial charge in [-0.25, -0.2) is 0 Å². The minimum absolute atomic E-state index is 0.152. The number of nitrogens with one attached hydrogen (secondary N) is 2. The van der Waals surface area contributed by atoms with Gasteiger partial charge in [-0.1, -0.05) is 17.7 Å². The zero-order valence-corrected chi connectivity index (χ0v) is 18.5. The summed E-state index contributed by atoms with van der Waals surface area (Å²) < 4.78 is 5.08. The molecule has 30 heavy (non-hydrogen) atoms. The molecule has 0 unspecified atom stereocenters. The minimum atomic E-state index is -0.152. The summed E-state index contributed by atoms with van der Waals surface area (Å²) in [4.78, 5) is 21.1. The maximum Gasteiger partial charge on any atom is 0.320 e. The number of halogens is 1. The van der Waals surface area contributed by atoms with Crippen LogP contribution >= 0.6 is 11.6 Å². The SMILES string of the molecule is CCOC(=O)CN1CCNCCN(Cc2ccc3cc(Cl)ccc3n2)CCNCC1. The second kappa shape index (κ2) is 12.2. The van der Waals surface area contributed by atoms with Crippen LogP contribution in [0, 0.1) is 0 Å². The van der Waals surface area contributed by atoms with Crippen LogP contribution < -0.4 is 10.6 Å². The first-order valence-electron chi connectivity index (χ1n) is 10.7. The number of ether oxygens (including phenoxy) is 1. The van der Waals surface area contributed by atoms with Gasteiger partial charge in [0.25, 0.3) is 0 Å². The van der Waals surface area contributed by atoms with E-state index in [9.17, 15) is 4.79 Å². The molecule has 0 bridgehead atoms. The third kappa shape index (κ3) is 7.49. The van der Waals surface area contributed by atoms with Crippen molar-refractivity contribution in [2.75, 3.05) is 65.5 Å². The molecule has 0 radical (unpaired) electrons. The largest absolute Gasteiger partial charge is 0.465 e. The van der Waals surface area contributed by atoms with E-state index in [0.717, 1.165) is 80.5 Å².